The van der Waals surface area contributed by atoms with Crippen LogP contribution in [0.15, 0.2) is 35.4 Å². The fourth-order valence-corrected chi connectivity index (χ4v) is 3.48. The molecule has 1 fully saturated rings. The Bertz CT molecular complexity index is 860. The van der Waals surface area contributed by atoms with E-state index in [1.165, 1.54) is 46.5 Å². The first kappa shape index (κ1) is 15.6. The highest BCUT2D eigenvalue weighted by Gasteiger charge is 2.25. The molecule has 2 aromatic rings. The predicted octanol–water partition coefficient (Wildman–Crippen LogP) is 5.61. The molecule has 0 N–H and O–H groups in total. The number of fused-ring (bicyclic) bond motifs is 2. The lowest BCUT2D eigenvalue weighted by Crippen LogP contribution is -1.91. The molecule has 2 nitrogen and oxygen atoms in total. The van der Waals surface area contributed by atoms with Gasteiger partial charge in [0.1, 0.15) is 5.15 Å². The molecular weight excluding hydrogens is 316 g/mol. The molecule has 3 aliphatic rings. The lowest BCUT2D eigenvalue weighted by atomic mass is 10.1. The number of halogens is 1. The summed E-state index contributed by atoms with van der Waals surface area (Å²) in [6, 6.07) is 8.34. The first-order valence-electron chi connectivity index (χ1n) is 8.58. The molecule has 1 saturated carbocycles. The molecule has 24 heavy (non-hydrogen) atoms. The zero-order valence-corrected chi connectivity index (χ0v) is 14.9. The molecule has 3 heteroatoms. The maximum Gasteiger partial charge on any atom is 0.129 e. The maximum atomic E-state index is 5.73. The third-order valence-electron chi connectivity index (χ3n) is 4.71. The van der Waals surface area contributed by atoms with E-state index in [0.717, 1.165) is 24.5 Å². The first-order valence-corrected chi connectivity index (χ1v) is 8.96. The van der Waals surface area contributed by atoms with E-state index in [9.17, 15) is 0 Å². The van der Waals surface area contributed by atoms with Crippen LogP contribution in [-0.2, 0) is 12.8 Å². The van der Waals surface area contributed by atoms with E-state index in [1.54, 1.807) is 0 Å². The second-order valence-corrected chi connectivity index (χ2v) is 7.46. The van der Waals surface area contributed by atoms with E-state index in [-0.39, 0.29) is 0 Å². The number of pyridine rings is 2. The van der Waals surface area contributed by atoms with Crippen molar-refractivity contribution in [2.24, 2.45) is 0 Å². The lowest BCUT2D eigenvalue weighted by molar-refractivity contribution is 1.00. The summed E-state index contributed by atoms with van der Waals surface area (Å²) in [4.78, 5) is 8.88. The molecule has 0 aliphatic heterocycles. The standard InChI is InChI=1S/C12H13N.C9H8ClN/c1-8-6-10-4-5-11(9-2-3-9)13-12(10)7-8;1-6-4-7-2-3-9(10)11-8(7)5-6/h4-5,7,9H,2-3,6H2,1H3;2-3,5H,4H2,1H3. The van der Waals surface area contributed by atoms with Gasteiger partial charge in [0, 0.05) is 11.6 Å². The second kappa shape index (κ2) is 6.18. The molecule has 122 valence electrons. The molecule has 0 saturated heterocycles. The van der Waals surface area contributed by atoms with Crippen LogP contribution in [0.5, 0.6) is 0 Å². The van der Waals surface area contributed by atoms with Gasteiger partial charge < -0.3 is 0 Å². The van der Waals surface area contributed by atoms with E-state index in [0.29, 0.717) is 5.15 Å². The Kier molecular flexibility index (Phi) is 4.01. The number of aromatic nitrogens is 2. The molecule has 0 spiro atoms. The van der Waals surface area contributed by atoms with Crippen LogP contribution >= 0.6 is 11.6 Å². The third kappa shape index (κ3) is 3.29. The van der Waals surface area contributed by atoms with Crippen molar-refractivity contribution >= 4 is 23.8 Å². The van der Waals surface area contributed by atoms with Crippen LogP contribution in [0.25, 0.3) is 12.2 Å². The fourth-order valence-electron chi connectivity index (χ4n) is 3.32. The van der Waals surface area contributed by atoms with Gasteiger partial charge in [0.2, 0.25) is 0 Å². The quantitative estimate of drug-likeness (QED) is 0.632. The van der Waals surface area contributed by atoms with Crippen LogP contribution in [0.3, 0.4) is 0 Å². The number of hydrogen-bond acceptors (Lipinski definition) is 2. The molecule has 0 radical (unpaired) electrons. The largest absolute Gasteiger partial charge is 0.253 e. The van der Waals surface area contributed by atoms with E-state index in [2.05, 4.69) is 48.1 Å². The zero-order valence-electron chi connectivity index (χ0n) is 14.1. The highest BCUT2D eigenvalue weighted by Crippen LogP contribution is 2.39. The average Bonchev–Trinajstić information content (AvgIpc) is 3.22. The van der Waals surface area contributed by atoms with Gasteiger partial charge >= 0.3 is 0 Å². The van der Waals surface area contributed by atoms with Crippen molar-refractivity contribution in [3.63, 3.8) is 0 Å². The summed E-state index contributed by atoms with van der Waals surface area (Å²) in [5.74, 6) is 0.777. The third-order valence-corrected chi connectivity index (χ3v) is 4.92. The van der Waals surface area contributed by atoms with Gasteiger partial charge in [-0.15, -0.1) is 0 Å². The minimum atomic E-state index is 0.578. The van der Waals surface area contributed by atoms with Crippen molar-refractivity contribution in [3.05, 3.63) is 68.8 Å². The van der Waals surface area contributed by atoms with Gasteiger partial charge in [-0.3, -0.25) is 4.98 Å². The minimum absolute atomic E-state index is 0.578. The maximum absolute atomic E-state index is 5.73. The predicted molar refractivity (Wildman–Crippen MR) is 100 cm³/mol. The number of rotatable bonds is 1. The summed E-state index contributed by atoms with van der Waals surface area (Å²) in [5, 5.41) is 0.578. The van der Waals surface area contributed by atoms with Crippen molar-refractivity contribution in [3.8, 4) is 0 Å². The Balaban J connectivity index is 0.000000123. The molecule has 0 atom stereocenters. The van der Waals surface area contributed by atoms with Gasteiger partial charge in [-0.25, -0.2) is 4.98 Å². The number of nitrogens with zero attached hydrogens (tertiary/aromatic N) is 2. The summed E-state index contributed by atoms with van der Waals surface area (Å²) >= 11 is 5.73. The van der Waals surface area contributed by atoms with Crippen LogP contribution in [0, 0.1) is 0 Å². The van der Waals surface area contributed by atoms with Crippen molar-refractivity contribution in [1.29, 1.82) is 0 Å². The van der Waals surface area contributed by atoms with Crippen molar-refractivity contribution < 1.29 is 0 Å². The highest BCUT2D eigenvalue weighted by molar-refractivity contribution is 6.29. The molecule has 0 unspecified atom stereocenters. The molecule has 0 aromatic carbocycles. The Hall–Kier alpha value is -1.93. The second-order valence-electron chi connectivity index (χ2n) is 7.07. The molecule has 2 aromatic heterocycles. The van der Waals surface area contributed by atoms with Gasteiger partial charge in [-0.2, -0.15) is 0 Å². The van der Waals surface area contributed by atoms with Crippen LogP contribution in [-0.4, -0.2) is 9.97 Å². The topological polar surface area (TPSA) is 25.8 Å². The SMILES string of the molecule is CC1=Cc2nc(C3CC3)ccc2C1.CC1=Cc2nc(Cl)ccc2C1. The monoisotopic (exact) mass is 336 g/mol. The first-order chi connectivity index (χ1) is 11.6. The highest BCUT2D eigenvalue weighted by atomic mass is 35.5. The minimum Gasteiger partial charge on any atom is -0.253 e. The molecule has 5 rings (SSSR count). The van der Waals surface area contributed by atoms with Gasteiger partial charge in [-0.05, 0) is 74.9 Å². The summed E-state index contributed by atoms with van der Waals surface area (Å²) in [6.45, 7) is 4.29. The number of hydrogen-bond donors (Lipinski definition) is 0. The van der Waals surface area contributed by atoms with Crippen LogP contribution in [0.4, 0.5) is 0 Å². The average molecular weight is 337 g/mol. The molecule has 3 aliphatic carbocycles. The van der Waals surface area contributed by atoms with E-state index >= 15 is 0 Å². The van der Waals surface area contributed by atoms with Crippen LogP contribution < -0.4 is 0 Å². The van der Waals surface area contributed by atoms with E-state index in [1.807, 2.05) is 12.1 Å². The fraction of sp³-hybridized carbons (Fsp3) is 0.333. The van der Waals surface area contributed by atoms with Crippen molar-refractivity contribution in [2.75, 3.05) is 0 Å². The summed E-state index contributed by atoms with van der Waals surface area (Å²) in [7, 11) is 0. The smallest absolute Gasteiger partial charge is 0.129 e. The molecular formula is C21H21ClN2. The zero-order chi connectivity index (χ0) is 16.7. The van der Waals surface area contributed by atoms with Gasteiger partial charge in [0.15, 0.2) is 0 Å². The van der Waals surface area contributed by atoms with Crippen LogP contribution in [0.2, 0.25) is 5.15 Å². The lowest BCUT2D eigenvalue weighted by Gasteiger charge is -2.01. The van der Waals surface area contributed by atoms with Crippen LogP contribution in [0.1, 0.15) is 60.8 Å². The number of allylic oxidation sites excluding steroid dienone is 2. The summed E-state index contributed by atoms with van der Waals surface area (Å²) in [6.07, 6.45) is 9.12. The Morgan fingerprint density at radius 3 is 2.04 bits per heavy atom. The molecule has 0 bridgehead atoms. The Morgan fingerprint density at radius 2 is 1.42 bits per heavy atom. The van der Waals surface area contributed by atoms with Crippen molar-refractivity contribution in [1.82, 2.24) is 9.97 Å². The Labute approximate surface area is 148 Å². The molecule has 0 amide bonds. The Morgan fingerprint density at radius 1 is 0.833 bits per heavy atom. The normalized spacial score (nSPS) is 17.5. The van der Waals surface area contributed by atoms with Gasteiger partial charge in [-0.1, -0.05) is 34.9 Å². The van der Waals surface area contributed by atoms with Gasteiger partial charge in [0.05, 0.1) is 11.4 Å². The van der Waals surface area contributed by atoms with Gasteiger partial charge in [0.25, 0.3) is 0 Å². The molecule has 2 heterocycles. The summed E-state index contributed by atoms with van der Waals surface area (Å²) in [5.41, 5.74) is 9.06. The van der Waals surface area contributed by atoms with Crippen molar-refractivity contribution in [2.45, 2.75) is 45.4 Å². The van der Waals surface area contributed by atoms with E-state index < -0.39 is 0 Å². The van der Waals surface area contributed by atoms with E-state index in [4.69, 9.17) is 11.6 Å². The summed E-state index contributed by atoms with van der Waals surface area (Å²) < 4.78 is 0.